The van der Waals surface area contributed by atoms with E-state index in [4.69, 9.17) is 5.11 Å². The van der Waals surface area contributed by atoms with Gasteiger partial charge in [0.1, 0.15) is 6.54 Å². The number of carbonyl (C=O) groups is 3. The molecule has 2 amide bonds. The molecule has 0 aromatic carbocycles. The van der Waals surface area contributed by atoms with E-state index in [1.54, 1.807) is 0 Å². The zero-order valence-electron chi connectivity index (χ0n) is 14.8. The molecule has 138 valence electrons. The van der Waals surface area contributed by atoms with Crippen molar-refractivity contribution in [1.82, 2.24) is 9.80 Å². The average molecular weight is 359 g/mol. The molecule has 1 fully saturated rings. The SMILES string of the molecule is CCCCSCCC(=O)N1CCCC(N(CC(=O)O)C(C)=O)CC1. The first kappa shape index (κ1) is 20.8. The van der Waals surface area contributed by atoms with E-state index in [0.717, 1.165) is 24.3 Å². The average Bonchev–Trinajstić information content (AvgIpc) is 2.77. The van der Waals surface area contributed by atoms with E-state index in [1.807, 2.05) is 16.7 Å². The highest BCUT2D eigenvalue weighted by Crippen LogP contribution is 2.18. The van der Waals surface area contributed by atoms with Gasteiger partial charge in [-0.25, -0.2) is 0 Å². The van der Waals surface area contributed by atoms with E-state index in [1.165, 1.54) is 24.7 Å². The first-order chi connectivity index (χ1) is 11.5. The topological polar surface area (TPSA) is 77.9 Å². The number of hydrogen-bond acceptors (Lipinski definition) is 4. The van der Waals surface area contributed by atoms with Gasteiger partial charge in [-0.1, -0.05) is 13.3 Å². The summed E-state index contributed by atoms with van der Waals surface area (Å²) in [5.74, 6) is 0.930. The Bertz CT molecular complexity index is 431. The molecule has 1 N–H and O–H groups in total. The van der Waals surface area contributed by atoms with Crippen molar-refractivity contribution in [3.63, 3.8) is 0 Å². The molecule has 0 aliphatic carbocycles. The summed E-state index contributed by atoms with van der Waals surface area (Å²) in [5, 5.41) is 8.97. The Morgan fingerprint density at radius 1 is 1.21 bits per heavy atom. The van der Waals surface area contributed by atoms with Gasteiger partial charge in [0.15, 0.2) is 0 Å². The molecule has 7 heteroatoms. The molecule has 1 heterocycles. The van der Waals surface area contributed by atoms with Gasteiger partial charge in [-0.05, 0) is 31.4 Å². The summed E-state index contributed by atoms with van der Waals surface area (Å²) >= 11 is 1.83. The second kappa shape index (κ2) is 11.3. The zero-order valence-corrected chi connectivity index (χ0v) is 15.6. The van der Waals surface area contributed by atoms with E-state index < -0.39 is 5.97 Å². The van der Waals surface area contributed by atoms with Crippen molar-refractivity contribution in [3.8, 4) is 0 Å². The van der Waals surface area contributed by atoms with Crippen LogP contribution in [0.2, 0.25) is 0 Å². The first-order valence-electron chi connectivity index (χ1n) is 8.80. The van der Waals surface area contributed by atoms with Gasteiger partial charge in [-0.3, -0.25) is 14.4 Å². The van der Waals surface area contributed by atoms with Crippen LogP contribution >= 0.6 is 11.8 Å². The summed E-state index contributed by atoms with van der Waals surface area (Å²) in [6, 6.07) is -0.0877. The predicted octanol–water partition coefficient (Wildman–Crippen LogP) is 2.22. The van der Waals surface area contributed by atoms with E-state index in [2.05, 4.69) is 6.92 Å². The molecular formula is C17H30N2O4S. The minimum Gasteiger partial charge on any atom is -0.480 e. The largest absolute Gasteiger partial charge is 0.480 e. The fraction of sp³-hybridized carbons (Fsp3) is 0.824. The van der Waals surface area contributed by atoms with Crippen LogP contribution in [0.3, 0.4) is 0 Å². The van der Waals surface area contributed by atoms with Crippen molar-refractivity contribution in [2.45, 2.75) is 58.4 Å². The Morgan fingerprint density at radius 3 is 2.58 bits per heavy atom. The van der Waals surface area contributed by atoms with Crippen LogP contribution in [0.4, 0.5) is 0 Å². The maximum Gasteiger partial charge on any atom is 0.323 e. The highest BCUT2D eigenvalue weighted by atomic mass is 32.2. The molecular weight excluding hydrogens is 328 g/mol. The lowest BCUT2D eigenvalue weighted by atomic mass is 10.1. The van der Waals surface area contributed by atoms with Gasteiger partial charge in [-0.2, -0.15) is 11.8 Å². The fourth-order valence-corrected chi connectivity index (χ4v) is 3.97. The van der Waals surface area contributed by atoms with Gasteiger partial charge in [0.05, 0.1) is 0 Å². The van der Waals surface area contributed by atoms with Gasteiger partial charge >= 0.3 is 5.97 Å². The third-order valence-electron chi connectivity index (χ3n) is 4.30. The highest BCUT2D eigenvalue weighted by Gasteiger charge is 2.27. The fourth-order valence-electron chi connectivity index (χ4n) is 2.95. The minimum absolute atomic E-state index is 0.0877. The van der Waals surface area contributed by atoms with Crippen molar-refractivity contribution < 1.29 is 19.5 Å². The van der Waals surface area contributed by atoms with Gasteiger partial charge in [0.2, 0.25) is 11.8 Å². The Balaban J connectivity index is 2.44. The smallest absolute Gasteiger partial charge is 0.323 e. The molecule has 1 aliphatic heterocycles. The van der Waals surface area contributed by atoms with Crippen LogP contribution in [-0.2, 0) is 14.4 Å². The van der Waals surface area contributed by atoms with Crippen LogP contribution in [0.25, 0.3) is 0 Å². The number of rotatable bonds is 9. The number of unbranched alkanes of at least 4 members (excludes halogenated alkanes) is 1. The van der Waals surface area contributed by atoms with Crippen molar-refractivity contribution in [2.24, 2.45) is 0 Å². The van der Waals surface area contributed by atoms with Crippen molar-refractivity contribution in [3.05, 3.63) is 0 Å². The molecule has 1 atom stereocenters. The van der Waals surface area contributed by atoms with Crippen molar-refractivity contribution >= 4 is 29.5 Å². The maximum absolute atomic E-state index is 12.3. The van der Waals surface area contributed by atoms with E-state index in [-0.39, 0.29) is 24.4 Å². The molecule has 0 aromatic rings. The third kappa shape index (κ3) is 7.55. The number of nitrogens with zero attached hydrogens (tertiary/aromatic N) is 2. The van der Waals surface area contributed by atoms with Crippen LogP contribution in [0, 0.1) is 0 Å². The molecule has 0 aromatic heterocycles. The normalized spacial score (nSPS) is 18.1. The number of amides is 2. The summed E-state index contributed by atoms with van der Waals surface area (Å²) in [5.41, 5.74) is 0. The molecule has 6 nitrogen and oxygen atoms in total. The molecule has 1 saturated heterocycles. The molecule has 1 aliphatic rings. The van der Waals surface area contributed by atoms with Crippen LogP contribution < -0.4 is 0 Å². The number of carboxylic acids is 1. The van der Waals surface area contributed by atoms with Crippen LogP contribution in [0.15, 0.2) is 0 Å². The lowest BCUT2D eigenvalue weighted by Gasteiger charge is -2.28. The molecule has 1 unspecified atom stereocenters. The van der Waals surface area contributed by atoms with Gasteiger partial charge in [-0.15, -0.1) is 0 Å². The molecule has 0 spiro atoms. The number of carbonyl (C=O) groups excluding carboxylic acids is 2. The Hall–Kier alpha value is -1.24. The zero-order chi connectivity index (χ0) is 17.9. The second-order valence-electron chi connectivity index (χ2n) is 6.22. The van der Waals surface area contributed by atoms with Crippen molar-refractivity contribution in [2.75, 3.05) is 31.1 Å². The lowest BCUT2D eigenvalue weighted by molar-refractivity contribution is -0.145. The molecule has 24 heavy (non-hydrogen) atoms. The second-order valence-corrected chi connectivity index (χ2v) is 7.45. The molecule has 0 radical (unpaired) electrons. The molecule has 1 rings (SSSR count). The molecule has 0 bridgehead atoms. The number of aliphatic carboxylic acids is 1. The maximum atomic E-state index is 12.3. The summed E-state index contributed by atoms with van der Waals surface area (Å²) < 4.78 is 0. The summed E-state index contributed by atoms with van der Waals surface area (Å²) in [6.07, 6.45) is 5.14. The monoisotopic (exact) mass is 358 g/mol. The van der Waals surface area contributed by atoms with E-state index in [9.17, 15) is 14.4 Å². The number of likely N-dealkylation sites (tertiary alicyclic amines) is 1. The lowest BCUT2D eigenvalue weighted by Crippen LogP contribution is -2.43. The van der Waals surface area contributed by atoms with Gasteiger partial charge in [0.25, 0.3) is 0 Å². The summed E-state index contributed by atoms with van der Waals surface area (Å²) in [6.45, 7) is 4.61. The molecule has 0 saturated carbocycles. The Labute approximate surface area is 148 Å². The standard InChI is InChI=1S/C17H30N2O4S/c1-3-4-11-24-12-8-16(21)18-9-5-6-15(7-10-18)19(14(2)20)13-17(22)23/h15H,3-13H2,1-2H3,(H,22,23). The Kier molecular flexibility index (Phi) is 9.83. The number of carboxylic acid groups (broad SMARTS) is 1. The Morgan fingerprint density at radius 2 is 1.96 bits per heavy atom. The van der Waals surface area contributed by atoms with Crippen LogP contribution in [-0.4, -0.2) is 69.9 Å². The van der Waals surface area contributed by atoms with Gasteiger partial charge < -0.3 is 14.9 Å². The number of hydrogen-bond donors (Lipinski definition) is 1. The number of thioether (sulfide) groups is 1. The summed E-state index contributed by atoms with van der Waals surface area (Å²) in [4.78, 5) is 38.3. The highest BCUT2D eigenvalue weighted by molar-refractivity contribution is 7.99. The predicted molar refractivity (Wildman–Crippen MR) is 96.1 cm³/mol. The van der Waals surface area contributed by atoms with Crippen LogP contribution in [0.5, 0.6) is 0 Å². The van der Waals surface area contributed by atoms with Crippen molar-refractivity contribution in [1.29, 1.82) is 0 Å². The summed E-state index contributed by atoms with van der Waals surface area (Å²) in [7, 11) is 0. The van der Waals surface area contributed by atoms with E-state index >= 15 is 0 Å². The third-order valence-corrected chi connectivity index (χ3v) is 5.37. The first-order valence-corrected chi connectivity index (χ1v) is 9.95. The quantitative estimate of drug-likeness (QED) is 0.640. The van der Waals surface area contributed by atoms with E-state index in [0.29, 0.717) is 25.9 Å². The van der Waals surface area contributed by atoms with Gasteiger partial charge in [0, 0.05) is 38.2 Å². The van der Waals surface area contributed by atoms with Crippen LogP contribution in [0.1, 0.15) is 52.4 Å². The minimum atomic E-state index is -0.994.